The third-order valence-electron chi connectivity index (χ3n) is 6.33. The number of aromatic nitrogens is 1. The van der Waals surface area contributed by atoms with Gasteiger partial charge in [-0.25, -0.2) is 13.6 Å². The molecule has 0 bridgehead atoms. The van der Waals surface area contributed by atoms with E-state index in [0.717, 1.165) is 25.1 Å². The lowest BCUT2D eigenvalue weighted by molar-refractivity contribution is -0.122. The van der Waals surface area contributed by atoms with Crippen LogP contribution in [-0.2, 0) is 4.79 Å². The molecule has 0 spiro atoms. The highest BCUT2D eigenvalue weighted by atomic mass is 35.5. The van der Waals surface area contributed by atoms with Gasteiger partial charge >= 0.3 is 5.97 Å². The molecule has 2 atom stereocenters. The third-order valence-corrected chi connectivity index (χ3v) is 6.33. The van der Waals surface area contributed by atoms with Gasteiger partial charge in [0, 0.05) is 37.3 Å². The summed E-state index contributed by atoms with van der Waals surface area (Å²) >= 11 is 0. The number of nitrogens with two attached hydrogens (primary N) is 1. The molecule has 2 aromatic rings. The summed E-state index contributed by atoms with van der Waals surface area (Å²) in [7, 11) is 0. The average Bonchev–Trinajstić information content (AvgIpc) is 3.49. The van der Waals surface area contributed by atoms with Crippen LogP contribution < -0.4 is 21.4 Å². The zero-order valence-corrected chi connectivity index (χ0v) is 19.2. The quantitative estimate of drug-likeness (QED) is 0.579. The SMILES string of the molecule is C[C@H](N)C(=O)NC[C@@]1(C)CCN(c2c(F)cc3c(=O)c(C(=O)O)cn(C4CC4)c3c2F)C1.Cl. The zero-order chi connectivity index (χ0) is 23.4. The molecule has 1 saturated carbocycles. The van der Waals surface area contributed by atoms with Gasteiger partial charge in [0.2, 0.25) is 11.3 Å². The Kier molecular flexibility index (Phi) is 6.72. The summed E-state index contributed by atoms with van der Waals surface area (Å²) in [5.74, 6) is -3.51. The third kappa shape index (κ3) is 4.54. The van der Waals surface area contributed by atoms with Crippen molar-refractivity contribution in [2.75, 3.05) is 24.5 Å². The first-order valence-electron chi connectivity index (χ1n) is 10.6. The molecular weight excluding hydrogens is 458 g/mol. The first-order valence-corrected chi connectivity index (χ1v) is 10.6. The van der Waals surface area contributed by atoms with Crippen molar-refractivity contribution in [1.29, 1.82) is 0 Å². The van der Waals surface area contributed by atoms with E-state index in [1.807, 2.05) is 6.92 Å². The van der Waals surface area contributed by atoms with Crippen LogP contribution >= 0.6 is 12.4 Å². The van der Waals surface area contributed by atoms with E-state index in [0.29, 0.717) is 26.1 Å². The Morgan fingerprint density at radius 2 is 2.03 bits per heavy atom. The van der Waals surface area contributed by atoms with E-state index < -0.39 is 40.1 Å². The van der Waals surface area contributed by atoms with E-state index in [4.69, 9.17) is 5.73 Å². The van der Waals surface area contributed by atoms with Crippen molar-refractivity contribution in [3.63, 3.8) is 0 Å². The largest absolute Gasteiger partial charge is 0.477 e. The molecule has 33 heavy (non-hydrogen) atoms. The Labute approximate surface area is 195 Å². The summed E-state index contributed by atoms with van der Waals surface area (Å²) in [5.41, 5.74) is 3.44. The minimum atomic E-state index is -1.43. The number of hydrogen-bond acceptors (Lipinski definition) is 5. The number of carbonyl (C=O) groups excluding carboxylic acids is 1. The van der Waals surface area contributed by atoms with Crippen LogP contribution in [0.4, 0.5) is 14.5 Å². The number of amides is 1. The van der Waals surface area contributed by atoms with Gasteiger partial charge in [0.05, 0.1) is 16.9 Å². The molecule has 1 amide bonds. The van der Waals surface area contributed by atoms with Crippen LogP contribution in [0.1, 0.15) is 49.5 Å². The van der Waals surface area contributed by atoms with Crippen LogP contribution in [0.3, 0.4) is 0 Å². The van der Waals surface area contributed by atoms with Crippen LogP contribution in [0.15, 0.2) is 17.1 Å². The van der Waals surface area contributed by atoms with E-state index in [1.54, 1.807) is 11.8 Å². The van der Waals surface area contributed by atoms with Gasteiger partial charge < -0.3 is 25.6 Å². The fourth-order valence-electron chi connectivity index (χ4n) is 4.33. The monoisotopic (exact) mass is 484 g/mol. The number of rotatable bonds is 6. The van der Waals surface area contributed by atoms with Crippen LogP contribution in [-0.4, -0.2) is 47.2 Å². The lowest BCUT2D eigenvalue weighted by atomic mass is 9.89. The number of benzene rings is 1. The van der Waals surface area contributed by atoms with Gasteiger partial charge in [0.1, 0.15) is 17.1 Å². The minimum Gasteiger partial charge on any atom is -0.477 e. The normalized spacial score (nSPS) is 21.1. The van der Waals surface area contributed by atoms with Crippen molar-refractivity contribution < 1.29 is 23.5 Å². The highest BCUT2D eigenvalue weighted by Crippen LogP contribution is 2.41. The number of nitrogens with zero attached hydrogens (tertiary/aromatic N) is 2. The summed E-state index contributed by atoms with van der Waals surface area (Å²) in [6.07, 6.45) is 3.21. The van der Waals surface area contributed by atoms with E-state index in [9.17, 15) is 19.5 Å². The summed E-state index contributed by atoms with van der Waals surface area (Å²) < 4.78 is 32.3. The number of aromatic carboxylic acids is 1. The summed E-state index contributed by atoms with van der Waals surface area (Å²) in [5, 5.41) is 11.8. The molecule has 1 aliphatic heterocycles. The van der Waals surface area contributed by atoms with Gasteiger partial charge in [0.25, 0.3) is 0 Å². The number of hydrogen-bond donors (Lipinski definition) is 3. The van der Waals surface area contributed by atoms with Gasteiger partial charge in [0.15, 0.2) is 5.82 Å². The summed E-state index contributed by atoms with van der Waals surface area (Å²) in [6.45, 7) is 4.48. The van der Waals surface area contributed by atoms with E-state index in [2.05, 4.69) is 5.32 Å². The van der Waals surface area contributed by atoms with Crippen molar-refractivity contribution >= 4 is 40.9 Å². The van der Waals surface area contributed by atoms with Crippen molar-refractivity contribution in [2.24, 2.45) is 11.1 Å². The Hall–Kier alpha value is -2.72. The molecule has 0 unspecified atom stereocenters. The number of carboxylic acids is 1. The molecule has 180 valence electrons. The van der Waals surface area contributed by atoms with Gasteiger partial charge in [-0.15, -0.1) is 12.4 Å². The molecular formula is C22H27ClF2N4O4. The van der Waals surface area contributed by atoms with Gasteiger partial charge in [-0.3, -0.25) is 9.59 Å². The number of pyridine rings is 1. The molecule has 2 aliphatic rings. The molecule has 1 aromatic carbocycles. The van der Waals surface area contributed by atoms with E-state index in [-0.39, 0.29) is 40.9 Å². The zero-order valence-electron chi connectivity index (χ0n) is 18.4. The highest BCUT2D eigenvalue weighted by Gasteiger charge is 2.38. The molecule has 4 rings (SSSR count). The maximum Gasteiger partial charge on any atom is 0.341 e. The number of anilines is 1. The van der Waals surface area contributed by atoms with E-state index >= 15 is 8.78 Å². The standard InChI is InChI=1S/C22H26F2N4O4.ClH/c1-11(25)20(30)26-9-22(2)5-6-27(10-22)18-15(23)7-13-17(16(18)24)28(12-3-4-12)8-14(19(13)29)21(31)32;/h7-8,11-12H,3-6,9-10,25H2,1-2H3,(H,26,30)(H,31,32);1H/t11-,22+;/m0./s1. The second-order valence-corrected chi connectivity index (χ2v) is 9.22. The Morgan fingerprint density at radius 3 is 2.61 bits per heavy atom. The molecule has 2 heterocycles. The molecule has 0 radical (unpaired) electrons. The Bertz CT molecular complexity index is 1180. The number of halogens is 3. The summed E-state index contributed by atoms with van der Waals surface area (Å²) in [6, 6.07) is 0.164. The maximum absolute atomic E-state index is 15.7. The predicted molar refractivity (Wildman–Crippen MR) is 122 cm³/mol. The molecule has 11 heteroatoms. The minimum absolute atomic E-state index is 0. The Balaban J connectivity index is 0.00000306. The Morgan fingerprint density at radius 1 is 1.36 bits per heavy atom. The topological polar surface area (TPSA) is 118 Å². The molecule has 8 nitrogen and oxygen atoms in total. The van der Waals surface area contributed by atoms with Gasteiger partial charge in [-0.2, -0.15) is 0 Å². The van der Waals surface area contributed by atoms with Crippen LogP contribution in [0.5, 0.6) is 0 Å². The van der Waals surface area contributed by atoms with Crippen LogP contribution in [0, 0.1) is 17.0 Å². The first-order chi connectivity index (χ1) is 15.0. The second kappa shape index (κ2) is 8.90. The van der Waals surface area contributed by atoms with Crippen molar-refractivity contribution in [3.8, 4) is 0 Å². The molecule has 1 aliphatic carbocycles. The van der Waals surface area contributed by atoms with Gasteiger partial charge in [-0.1, -0.05) is 6.92 Å². The highest BCUT2D eigenvalue weighted by molar-refractivity contribution is 5.94. The van der Waals surface area contributed by atoms with Crippen molar-refractivity contribution in [2.45, 2.75) is 45.2 Å². The summed E-state index contributed by atoms with van der Waals surface area (Å²) in [4.78, 5) is 37.5. The van der Waals surface area contributed by atoms with Crippen LogP contribution in [0.2, 0.25) is 0 Å². The smallest absolute Gasteiger partial charge is 0.341 e. The first kappa shape index (κ1) is 24.9. The molecule has 1 aromatic heterocycles. The fraction of sp³-hybridized carbons (Fsp3) is 0.500. The lowest BCUT2D eigenvalue weighted by Gasteiger charge is -2.27. The van der Waals surface area contributed by atoms with Crippen molar-refractivity contribution in [3.05, 3.63) is 39.7 Å². The predicted octanol–water partition coefficient (Wildman–Crippen LogP) is 2.41. The number of carbonyl (C=O) groups is 2. The molecule has 2 fully saturated rings. The van der Waals surface area contributed by atoms with E-state index in [1.165, 1.54) is 4.57 Å². The lowest BCUT2D eigenvalue weighted by Crippen LogP contribution is -2.44. The molecule has 4 N–H and O–H groups in total. The maximum atomic E-state index is 15.7. The molecule has 1 saturated heterocycles. The average molecular weight is 485 g/mol. The van der Waals surface area contributed by atoms with Crippen molar-refractivity contribution in [1.82, 2.24) is 9.88 Å². The fourth-order valence-corrected chi connectivity index (χ4v) is 4.33. The number of carboxylic acid groups (broad SMARTS) is 1. The van der Waals surface area contributed by atoms with Crippen LogP contribution in [0.25, 0.3) is 10.9 Å². The number of nitrogens with one attached hydrogen (secondary N) is 1. The number of fused-ring (bicyclic) bond motifs is 1. The second-order valence-electron chi connectivity index (χ2n) is 9.22. The van der Waals surface area contributed by atoms with Gasteiger partial charge in [-0.05, 0) is 32.3 Å².